The van der Waals surface area contributed by atoms with Gasteiger partial charge in [0.15, 0.2) is 0 Å². The number of urea groups is 1. The second-order valence-corrected chi connectivity index (χ2v) is 8.24. The van der Waals surface area contributed by atoms with Gasteiger partial charge in [-0.05, 0) is 43.9 Å². The molecule has 3 heterocycles. The molecule has 3 aliphatic rings. The minimum absolute atomic E-state index is 0.0468. The Balaban J connectivity index is 1.36. The number of likely N-dealkylation sites (tertiary alicyclic amines) is 2. The lowest BCUT2D eigenvalue weighted by atomic mass is 9.97. The second-order valence-electron chi connectivity index (χ2n) is 8.24. The van der Waals surface area contributed by atoms with Crippen molar-refractivity contribution in [2.45, 2.75) is 25.7 Å². The molecule has 0 bridgehead atoms. The van der Waals surface area contributed by atoms with Crippen LogP contribution in [-0.4, -0.2) is 85.0 Å². The number of morpholine rings is 1. The van der Waals surface area contributed by atoms with Crippen LogP contribution in [0.15, 0.2) is 24.3 Å². The highest BCUT2D eigenvalue weighted by molar-refractivity contribution is 5.98. The smallest absolute Gasteiger partial charge is 0.320 e. The zero-order valence-electron chi connectivity index (χ0n) is 17.3. The van der Waals surface area contributed by atoms with E-state index in [-0.39, 0.29) is 23.8 Å². The predicted octanol–water partition coefficient (Wildman–Crippen LogP) is 2.03. The molecule has 162 valence electrons. The second kappa shape index (κ2) is 9.47. The summed E-state index contributed by atoms with van der Waals surface area (Å²) in [5, 5.41) is 2.95. The number of piperidine rings is 1. The summed E-state index contributed by atoms with van der Waals surface area (Å²) in [5.41, 5.74) is 1.17. The number of rotatable bonds is 3. The standard InChI is InChI=1S/C22H30N4O4/c27-20(18-6-4-10-26(16-18)22(29)25-8-1-2-9-25)23-19-7-3-5-17(15-19)21(28)24-11-13-30-14-12-24/h3,5,7,15,18H,1-2,4,6,8-14,16H2,(H,23,27)/t18-/m0/s1. The SMILES string of the molecule is O=C(Nc1cccc(C(=O)N2CCOCC2)c1)[C@H]1CCCN(C(=O)N2CCCC2)C1. The first-order valence-electron chi connectivity index (χ1n) is 10.9. The molecule has 3 aliphatic heterocycles. The molecule has 30 heavy (non-hydrogen) atoms. The van der Waals surface area contributed by atoms with Gasteiger partial charge in [-0.25, -0.2) is 4.79 Å². The average molecular weight is 415 g/mol. The van der Waals surface area contributed by atoms with Crippen molar-refractivity contribution in [1.82, 2.24) is 14.7 Å². The van der Waals surface area contributed by atoms with Gasteiger partial charge in [0.2, 0.25) is 5.91 Å². The summed E-state index contributed by atoms with van der Waals surface area (Å²) >= 11 is 0. The summed E-state index contributed by atoms with van der Waals surface area (Å²) in [5.74, 6) is -0.372. The number of carbonyl (C=O) groups excluding carboxylic acids is 3. The molecule has 4 amide bonds. The van der Waals surface area contributed by atoms with Crippen LogP contribution < -0.4 is 5.32 Å². The molecule has 8 nitrogen and oxygen atoms in total. The maximum absolute atomic E-state index is 12.9. The molecule has 0 spiro atoms. The molecule has 3 saturated heterocycles. The highest BCUT2D eigenvalue weighted by Crippen LogP contribution is 2.22. The first kappa shape index (κ1) is 20.7. The van der Waals surface area contributed by atoms with Gasteiger partial charge in [-0.3, -0.25) is 9.59 Å². The zero-order chi connectivity index (χ0) is 20.9. The van der Waals surface area contributed by atoms with Crippen molar-refractivity contribution in [3.05, 3.63) is 29.8 Å². The normalized spacial score (nSPS) is 22.1. The first-order valence-corrected chi connectivity index (χ1v) is 10.9. The van der Waals surface area contributed by atoms with Gasteiger partial charge in [0.25, 0.3) is 5.91 Å². The minimum Gasteiger partial charge on any atom is -0.378 e. The third-order valence-corrected chi connectivity index (χ3v) is 6.11. The molecule has 1 atom stereocenters. The molecule has 0 radical (unpaired) electrons. The number of ether oxygens (including phenoxy) is 1. The van der Waals surface area contributed by atoms with Crippen molar-refractivity contribution in [1.29, 1.82) is 0 Å². The van der Waals surface area contributed by atoms with Gasteiger partial charge in [-0.2, -0.15) is 0 Å². The molecule has 1 aromatic rings. The van der Waals surface area contributed by atoms with Gasteiger partial charge in [0.1, 0.15) is 0 Å². The summed E-state index contributed by atoms with van der Waals surface area (Å²) in [6.45, 7) is 5.06. The van der Waals surface area contributed by atoms with Crippen LogP contribution in [0.4, 0.5) is 10.5 Å². The average Bonchev–Trinajstić information content (AvgIpc) is 3.34. The third-order valence-electron chi connectivity index (χ3n) is 6.11. The lowest BCUT2D eigenvalue weighted by molar-refractivity contribution is -0.121. The highest BCUT2D eigenvalue weighted by atomic mass is 16.5. The van der Waals surface area contributed by atoms with Gasteiger partial charge in [0.05, 0.1) is 19.1 Å². The van der Waals surface area contributed by atoms with E-state index in [2.05, 4.69) is 5.32 Å². The molecule has 1 aromatic carbocycles. The van der Waals surface area contributed by atoms with E-state index in [0.29, 0.717) is 50.6 Å². The topological polar surface area (TPSA) is 82.2 Å². The number of nitrogens with one attached hydrogen (secondary N) is 1. The fraction of sp³-hybridized carbons (Fsp3) is 0.591. The summed E-state index contributed by atoms with van der Waals surface area (Å²) in [6.07, 6.45) is 3.71. The van der Waals surface area contributed by atoms with Gasteiger partial charge < -0.3 is 24.8 Å². The Hall–Kier alpha value is -2.61. The van der Waals surface area contributed by atoms with Crippen LogP contribution in [0, 0.1) is 5.92 Å². The van der Waals surface area contributed by atoms with E-state index < -0.39 is 0 Å². The van der Waals surface area contributed by atoms with Gasteiger partial charge in [-0.15, -0.1) is 0 Å². The van der Waals surface area contributed by atoms with Crippen molar-refractivity contribution in [2.24, 2.45) is 5.92 Å². The Morgan fingerprint density at radius 3 is 2.40 bits per heavy atom. The van der Waals surface area contributed by atoms with Crippen LogP contribution in [0.5, 0.6) is 0 Å². The molecule has 8 heteroatoms. The lowest BCUT2D eigenvalue weighted by Crippen LogP contribution is -2.48. The fourth-order valence-electron chi connectivity index (χ4n) is 4.40. The number of anilines is 1. The van der Waals surface area contributed by atoms with Crippen LogP contribution in [0.3, 0.4) is 0 Å². The van der Waals surface area contributed by atoms with Crippen LogP contribution in [0.1, 0.15) is 36.0 Å². The molecular weight excluding hydrogens is 384 g/mol. The number of amides is 4. The quantitative estimate of drug-likeness (QED) is 0.821. The molecule has 4 rings (SSSR count). The van der Waals surface area contributed by atoms with E-state index in [4.69, 9.17) is 4.74 Å². The van der Waals surface area contributed by atoms with Crippen LogP contribution >= 0.6 is 0 Å². The van der Waals surface area contributed by atoms with Crippen molar-refractivity contribution in [3.63, 3.8) is 0 Å². The van der Waals surface area contributed by atoms with Crippen molar-refractivity contribution >= 4 is 23.5 Å². The molecule has 1 N–H and O–H groups in total. The Bertz CT molecular complexity index is 787. The van der Waals surface area contributed by atoms with Crippen molar-refractivity contribution < 1.29 is 19.1 Å². The number of carbonyl (C=O) groups is 3. The van der Waals surface area contributed by atoms with Gasteiger partial charge in [-0.1, -0.05) is 6.07 Å². The number of hydrogen-bond donors (Lipinski definition) is 1. The Morgan fingerprint density at radius 1 is 0.900 bits per heavy atom. The van der Waals surface area contributed by atoms with E-state index in [1.807, 2.05) is 9.80 Å². The summed E-state index contributed by atoms with van der Waals surface area (Å²) < 4.78 is 5.31. The van der Waals surface area contributed by atoms with Gasteiger partial charge >= 0.3 is 6.03 Å². The Labute approximate surface area is 177 Å². The third kappa shape index (κ3) is 4.75. The predicted molar refractivity (Wildman–Crippen MR) is 112 cm³/mol. The first-order chi connectivity index (χ1) is 14.6. The number of nitrogens with zero attached hydrogens (tertiary/aromatic N) is 3. The van der Waals surface area contributed by atoms with E-state index in [0.717, 1.165) is 38.8 Å². The van der Waals surface area contributed by atoms with Crippen molar-refractivity contribution in [3.8, 4) is 0 Å². The number of hydrogen-bond acceptors (Lipinski definition) is 4. The monoisotopic (exact) mass is 414 g/mol. The zero-order valence-corrected chi connectivity index (χ0v) is 17.3. The van der Waals surface area contributed by atoms with E-state index in [9.17, 15) is 14.4 Å². The minimum atomic E-state index is -0.232. The largest absolute Gasteiger partial charge is 0.378 e. The maximum atomic E-state index is 12.9. The lowest BCUT2D eigenvalue weighted by Gasteiger charge is -2.34. The summed E-state index contributed by atoms with van der Waals surface area (Å²) in [4.78, 5) is 43.7. The van der Waals surface area contributed by atoms with Crippen LogP contribution in [-0.2, 0) is 9.53 Å². The molecule has 0 aliphatic carbocycles. The molecular formula is C22H30N4O4. The van der Waals surface area contributed by atoms with E-state index >= 15 is 0 Å². The van der Waals surface area contributed by atoms with E-state index in [1.165, 1.54) is 0 Å². The van der Waals surface area contributed by atoms with Crippen LogP contribution in [0.2, 0.25) is 0 Å². The number of benzene rings is 1. The molecule has 0 saturated carbocycles. The fourth-order valence-corrected chi connectivity index (χ4v) is 4.40. The summed E-state index contributed by atoms with van der Waals surface area (Å²) in [6, 6.07) is 7.14. The molecule has 3 fully saturated rings. The molecule has 0 aromatic heterocycles. The van der Waals surface area contributed by atoms with E-state index in [1.54, 1.807) is 29.2 Å². The van der Waals surface area contributed by atoms with Gasteiger partial charge in [0, 0.05) is 50.5 Å². The Morgan fingerprint density at radius 2 is 1.63 bits per heavy atom. The maximum Gasteiger partial charge on any atom is 0.320 e. The Kier molecular flexibility index (Phi) is 6.52. The van der Waals surface area contributed by atoms with Crippen LogP contribution in [0.25, 0.3) is 0 Å². The highest BCUT2D eigenvalue weighted by Gasteiger charge is 2.31. The summed E-state index contributed by atoms with van der Waals surface area (Å²) in [7, 11) is 0. The van der Waals surface area contributed by atoms with Crippen molar-refractivity contribution in [2.75, 3.05) is 57.8 Å². The molecule has 0 unspecified atom stereocenters.